The summed E-state index contributed by atoms with van der Waals surface area (Å²) in [7, 11) is 0. The van der Waals surface area contributed by atoms with E-state index in [0.29, 0.717) is 18.7 Å². The highest BCUT2D eigenvalue weighted by Gasteiger charge is 2.11. The van der Waals surface area contributed by atoms with Crippen molar-refractivity contribution in [3.8, 4) is 17.2 Å². The van der Waals surface area contributed by atoms with E-state index in [2.05, 4.69) is 20.3 Å². The zero-order valence-corrected chi connectivity index (χ0v) is 11.2. The first-order valence-electron chi connectivity index (χ1n) is 6.55. The lowest BCUT2D eigenvalue weighted by Gasteiger charge is -2.00. The smallest absolute Gasteiger partial charge is 0.267 e. The predicted molar refractivity (Wildman–Crippen MR) is 82.7 cm³/mol. The molecule has 3 rings (SSSR count). The molecule has 0 bridgehead atoms. The Balaban J connectivity index is 0.00000132. The Morgan fingerprint density at radius 1 is 1.43 bits per heavy atom. The molecule has 3 aromatic heterocycles. The summed E-state index contributed by atoms with van der Waals surface area (Å²) < 4.78 is 0. The third kappa shape index (κ3) is 2.49. The van der Waals surface area contributed by atoms with Gasteiger partial charge >= 0.3 is 0 Å². The summed E-state index contributed by atoms with van der Waals surface area (Å²) in [4.78, 5) is 22.2. The van der Waals surface area contributed by atoms with Crippen LogP contribution in [0.15, 0.2) is 36.8 Å². The molecule has 0 aliphatic carbocycles. The first-order valence-corrected chi connectivity index (χ1v) is 6.55. The van der Waals surface area contributed by atoms with E-state index >= 15 is 0 Å². The molecule has 3 heterocycles. The van der Waals surface area contributed by atoms with Crippen LogP contribution in [0.5, 0.6) is 0 Å². The minimum Gasteiger partial charge on any atom is -0.357 e. The number of aromatic nitrogens is 3. The number of carbonyl (C=O) groups excluding carboxylic acids is 1. The molecular weight excluding hydrogens is 266 g/mol. The fourth-order valence-electron chi connectivity index (χ4n) is 2.22. The van der Waals surface area contributed by atoms with Gasteiger partial charge in [-0.1, -0.05) is 0 Å². The number of hydrogen-bond donors (Lipinski definition) is 3. The number of nitrogens with one attached hydrogen (secondary N) is 3. The highest BCUT2D eigenvalue weighted by Crippen LogP contribution is 2.27. The number of rotatable bonds is 4. The molecule has 3 N–H and O–H groups in total. The summed E-state index contributed by atoms with van der Waals surface area (Å²) in [6.07, 6.45) is 5.66. The van der Waals surface area contributed by atoms with Crippen LogP contribution in [0.3, 0.4) is 0 Å². The lowest BCUT2D eigenvalue weighted by molar-refractivity contribution is 0.0950. The van der Waals surface area contributed by atoms with Crippen LogP contribution < -0.4 is 5.32 Å². The van der Waals surface area contributed by atoms with Crippen molar-refractivity contribution in [3.05, 3.63) is 42.5 Å². The van der Waals surface area contributed by atoms with Gasteiger partial charge in [-0.25, -0.2) is 4.98 Å². The van der Waals surface area contributed by atoms with E-state index in [1.807, 2.05) is 24.4 Å². The number of fused-ring (bicyclic) bond motifs is 1. The average Bonchev–Trinajstić information content (AvgIpc) is 3.16. The quantitative estimate of drug-likeness (QED) is 0.642. The van der Waals surface area contributed by atoms with Crippen molar-refractivity contribution in [1.82, 2.24) is 20.3 Å². The van der Waals surface area contributed by atoms with Crippen molar-refractivity contribution in [2.45, 2.75) is 6.42 Å². The third-order valence-corrected chi connectivity index (χ3v) is 3.22. The number of nitriles is 1. The molecule has 0 saturated carbocycles. The van der Waals surface area contributed by atoms with E-state index in [-0.39, 0.29) is 8.76 Å². The van der Waals surface area contributed by atoms with Crippen molar-refractivity contribution in [2.75, 3.05) is 6.54 Å². The number of aromatic amines is 2. The molecule has 1 amide bonds. The number of pyridine rings is 1. The normalized spacial score (nSPS) is 10.4. The highest BCUT2D eigenvalue weighted by atomic mass is 16.1. The summed E-state index contributed by atoms with van der Waals surface area (Å²) in [6, 6.07) is 7.65. The van der Waals surface area contributed by atoms with Crippen molar-refractivity contribution in [1.29, 1.82) is 5.26 Å². The van der Waals surface area contributed by atoms with Gasteiger partial charge in [-0.15, -0.1) is 0 Å². The first kappa shape index (κ1) is 12.9. The Morgan fingerprint density at radius 2 is 2.33 bits per heavy atom. The maximum absolute atomic E-state index is 11.9. The molecule has 0 aromatic carbocycles. The van der Waals surface area contributed by atoms with Crippen LogP contribution in [-0.4, -0.2) is 27.4 Å². The van der Waals surface area contributed by atoms with Gasteiger partial charge in [0.1, 0.15) is 11.3 Å². The minimum absolute atomic E-state index is 0. The molecule has 6 heteroatoms. The van der Waals surface area contributed by atoms with Crippen LogP contribution in [0, 0.1) is 11.3 Å². The maximum Gasteiger partial charge on any atom is 0.267 e. The van der Waals surface area contributed by atoms with Crippen LogP contribution in [0.4, 0.5) is 0 Å². The fraction of sp³-hybridized carbons (Fsp3) is 0.133. The monoisotopic (exact) mass is 283 g/mol. The molecule has 0 radical (unpaired) electrons. The zero-order valence-electron chi connectivity index (χ0n) is 11.2. The molecule has 0 unspecified atom stereocenters. The Morgan fingerprint density at radius 3 is 3.19 bits per heavy atom. The van der Waals surface area contributed by atoms with Crippen LogP contribution in [0.25, 0.3) is 22.2 Å². The van der Waals surface area contributed by atoms with Crippen molar-refractivity contribution in [2.24, 2.45) is 0 Å². The summed E-state index contributed by atoms with van der Waals surface area (Å²) in [5, 5.41) is 12.2. The number of nitrogens with zero attached hydrogens (tertiary/aromatic N) is 2. The van der Waals surface area contributed by atoms with Gasteiger partial charge in [0.2, 0.25) is 0 Å². The van der Waals surface area contributed by atoms with Gasteiger partial charge in [0.15, 0.2) is 0 Å². The Kier molecular flexibility index (Phi) is 3.39. The second kappa shape index (κ2) is 5.51. The Labute approximate surface area is 123 Å². The molecule has 0 aliphatic heterocycles. The highest BCUT2D eigenvalue weighted by molar-refractivity contribution is 5.97. The number of carbonyl (C=O) groups is 1. The largest absolute Gasteiger partial charge is 0.357 e. The topological polar surface area (TPSA) is 97.4 Å². The van der Waals surface area contributed by atoms with E-state index in [1.165, 1.54) is 0 Å². The summed E-state index contributed by atoms with van der Waals surface area (Å²) in [5.74, 6) is -0.212. The molecule has 0 fully saturated rings. The molecular formula is C15H17N5O. The SMILES string of the molecule is N#CCCNC(=O)c1cc(-c2ccnc3[nH]ccc23)c[nH]1.[HH].[HH]. The molecule has 0 aliphatic rings. The van der Waals surface area contributed by atoms with Crippen LogP contribution >= 0.6 is 0 Å². The number of hydrogen-bond acceptors (Lipinski definition) is 3. The summed E-state index contributed by atoms with van der Waals surface area (Å²) >= 11 is 0. The lowest BCUT2D eigenvalue weighted by Crippen LogP contribution is -2.24. The van der Waals surface area contributed by atoms with Crippen LogP contribution in [0.1, 0.15) is 19.8 Å². The Hall–Kier alpha value is -3.07. The summed E-state index contributed by atoms with van der Waals surface area (Å²) in [6.45, 7) is 0.348. The van der Waals surface area contributed by atoms with Crippen LogP contribution in [0.2, 0.25) is 0 Å². The standard InChI is InChI=1S/C15H13N5O.2H2/c16-4-1-5-19-15(21)13-8-10(9-20-13)11-2-6-17-14-12(11)3-7-18-14;;/h2-3,6-9,20H,1,5H2,(H,17,18)(H,19,21);2*1H. The fourth-order valence-corrected chi connectivity index (χ4v) is 2.22. The van der Waals surface area contributed by atoms with Crippen molar-refractivity contribution < 1.29 is 7.65 Å². The zero-order chi connectivity index (χ0) is 14.7. The third-order valence-electron chi connectivity index (χ3n) is 3.22. The van der Waals surface area contributed by atoms with Crippen molar-refractivity contribution in [3.63, 3.8) is 0 Å². The minimum atomic E-state index is -0.212. The van der Waals surface area contributed by atoms with Gasteiger partial charge in [0.05, 0.1) is 12.5 Å². The number of H-pyrrole nitrogens is 2. The van der Waals surface area contributed by atoms with Gasteiger partial charge in [-0.2, -0.15) is 5.26 Å². The second-order valence-corrected chi connectivity index (χ2v) is 4.56. The average molecular weight is 283 g/mol. The van der Waals surface area contributed by atoms with Gasteiger partial charge in [-0.3, -0.25) is 4.79 Å². The molecule has 6 nitrogen and oxygen atoms in total. The molecule has 0 spiro atoms. The van der Waals surface area contributed by atoms with E-state index in [1.54, 1.807) is 18.5 Å². The molecule has 0 saturated heterocycles. The maximum atomic E-state index is 11.9. The van der Waals surface area contributed by atoms with Crippen LogP contribution in [-0.2, 0) is 0 Å². The first-order chi connectivity index (χ1) is 10.3. The molecule has 108 valence electrons. The molecule has 0 atom stereocenters. The van der Waals surface area contributed by atoms with E-state index < -0.39 is 0 Å². The van der Waals surface area contributed by atoms with Gasteiger partial charge in [0.25, 0.3) is 5.91 Å². The molecule has 3 aromatic rings. The summed E-state index contributed by atoms with van der Waals surface area (Å²) in [5.41, 5.74) is 3.22. The Bertz CT molecular complexity index is 834. The molecule has 21 heavy (non-hydrogen) atoms. The van der Waals surface area contributed by atoms with Gasteiger partial charge in [0, 0.05) is 38.9 Å². The number of amides is 1. The van der Waals surface area contributed by atoms with E-state index in [4.69, 9.17) is 5.26 Å². The second-order valence-electron chi connectivity index (χ2n) is 4.56. The van der Waals surface area contributed by atoms with Gasteiger partial charge in [-0.05, 0) is 23.8 Å². The lowest BCUT2D eigenvalue weighted by atomic mass is 10.1. The predicted octanol–water partition coefficient (Wildman–Crippen LogP) is 2.69. The van der Waals surface area contributed by atoms with Gasteiger partial charge < -0.3 is 15.3 Å². The van der Waals surface area contributed by atoms with Crippen molar-refractivity contribution >= 4 is 16.9 Å². The van der Waals surface area contributed by atoms with E-state index in [9.17, 15) is 4.79 Å². The van der Waals surface area contributed by atoms with E-state index in [0.717, 1.165) is 22.2 Å².